The number of sulfonamides is 1. The van der Waals surface area contributed by atoms with Crippen LogP contribution in [0.5, 0.6) is 0 Å². The number of morpholine rings is 1. The summed E-state index contributed by atoms with van der Waals surface area (Å²) in [4.78, 5) is 13.9. The van der Waals surface area contributed by atoms with Crippen molar-refractivity contribution in [1.82, 2.24) is 14.5 Å². The highest BCUT2D eigenvalue weighted by atomic mass is 32.2. The van der Waals surface area contributed by atoms with Gasteiger partial charge in [0.2, 0.25) is 15.9 Å². The van der Waals surface area contributed by atoms with Gasteiger partial charge in [0.1, 0.15) is 0 Å². The Hall–Kier alpha value is -0.700. The lowest BCUT2D eigenvalue weighted by Gasteiger charge is -2.35. The van der Waals surface area contributed by atoms with E-state index in [1.807, 2.05) is 0 Å². The van der Waals surface area contributed by atoms with Gasteiger partial charge in [0.25, 0.3) is 0 Å². The lowest BCUT2D eigenvalue weighted by molar-refractivity contribution is -0.121. The fourth-order valence-corrected chi connectivity index (χ4v) is 2.72. The van der Waals surface area contributed by atoms with Crippen molar-refractivity contribution < 1.29 is 17.9 Å². The van der Waals surface area contributed by atoms with Crippen LogP contribution in [0.4, 0.5) is 0 Å². The minimum Gasteiger partial charge on any atom is -0.373 e. The molecule has 1 rings (SSSR count). The van der Waals surface area contributed by atoms with E-state index in [0.717, 1.165) is 36.6 Å². The summed E-state index contributed by atoms with van der Waals surface area (Å²) in [6.45, 7) is 7.27. The molecular formula is C13H27N3O4S. The van der Waals surface area contributed by atoms with Gasteiger partial charge in [-0.05, 0) is 20.3 Å². The molecule has 1 saturated heterocycles. The Kier molecular flexibility index (Phi) is 7.05. The second-order valence-corrected chi connectivity index (χ2v) is 7.83. The Labute approximate surface area is 127 Å². The number of ether oxygens (including phenoxy) is 1. The fraction of sp³-hybridized carbons (Fsp3) is 0.923. The number of rotatable bonds is 7. The van der Waals surface area contributed by atoms with Crippen molar-refractivity contribution in [1.29, 1.82) is 0 Å². The van der Waals surface area contributed by atoms with Crippen LogP contribution in [-0.4, -0.2) is 81.8 Å². The number of nitrogens with zero attached hydrogens (tertiary/aromatic N) is 2. The van der Waals surface area contributed by atoms with Crippen molar-refractivity contribution >= 4 is 15.9 Å². The number of nitrogens with one attached hydrogen (secondary N) is 1. The van der Waals surface area contributed by atoms with Crippen molar-refractivity contribution in [3.05, 3.63) is 0 Å². The average molecular weight is 321 g/mol. The summed E-state index contributed by atoms with van der Waals surface area (Å²) in [5.41, 5.74) is 0. The quantitative estimate of drug-likeness (QED) is 0.639. The Morgan fingerprint density at radius 1 is 1.33 bits per heavy atom. The first-order chi connectivity index (χ1) is 9.68. The molecule has 1 N–H and O–H groups in total. The Balaban J connectivity index is 2.18. The lowest BCUT2D eigenvalue weighted by atomic mass is 10.2. The molecule has 2 atom stereocenters. The minimum absolute atomic E-state index is 0.134. The van der Waals surface area contributed by atoms with E-state index >= 15 is 0 Å². The van der Waals surface area contributed by atoms with Crippen molar-refractivity contribution in [2.45, 2.75) is 32.5 Å². The summed E-state index contributed by atoms with van der Waals surface area (Å²) >= 11 is 0. The summed E-state index contributed by atoms with van der Waals surface area (Å²) in [5, 5.41) is 2.74. The zero-order chi connectivity index (χ0) is 16.0. The smallest absolute Gasteiger partial charge is 0.235 e. The summed E-state index contributed by atoms with van der Waals surface area (Å²) < 4.78 is 29.1. The molecule has 0 aromatic carbocycles. The van der Waals surface area contributed by atoms with Crippen LogP contribution in [0.3, 0.4) is 0 Å². The highest BCUT2D eigenvalue weighted by molar-refractivity contribution is 7.88. The predicted octanol–water partition coefficient (Wildman–Crippen LogP) is -0.507. The van der Waals surface area contributed by atoms with Gasteiger partial charge in [0, 0.05) is 33.2 Å². The molecule has 1 heterocycles. The molecule has 1 amide bonds. The summed E-state index contributed by atoms with van der Waals surface area (Å²) in [7, 11) is -1.91. The van der Waals surface area contributed by atoms with Crippen LogP contribution in [0.1, 0.15) is 20.3 Å². The molecule has 21 heavy (non-hydrogen) atoms. The average Bonchev–Trinajstić information content (AvgIpc) is 2.32. The van der Waals surface area contributed by atoms with Gasteiger partial charge in [-0.25, -0.2) is 8.42 Å². The second-order valence-electron chi connectivity index (χ2n) is 5.74. The molecule has 0 aliphatic carbocycles. The molecule has 0 spiro atoms. The van der Waals surface area contributed by atoms with E-state index in [0.29, 0.717) is 6.54 Å². The molecule has 1 aliphatic heterocycles. The number of likely N-dealkylation sites (N-methyl/N-ethyl adjacent to an activating group) is 1. The summed E-state index contributed by atoms with van der Waals surface area (Å²) in [6, 6.07) is 0. The zero-order valence-corrected chi connectivity index (χ0v) is 14.1. The molecular weight excluding hydrogens is 294 g/mol. The Morgan fingerprint density at radius 2 is 1.90 bits per heavy atom. The first-order valence-corrected chi connectivity index (χ1v) is 9.09. The molecule has 0 saturated carbocycles. The van der Waals surface area contributed by atoms with E-state index < -0.39 is 10.0 Å². The van der Waals surface area contributed by atoms with Crippen LogP contribution < -0.4 is 5.32 Å². The van der Waals surface area contributed by atoms with Gasteiger partial charge in [0.15, 0.2) is 0 Å². The molecule has 0 bridgehead atoms. The first kappa shape index (κ1) is 18.3. The second kappa shape index (κ2) is 8.07. The molecule has 2 unspecified atom stereocenters. The molecule has 1 aliphatic rings. The monoisotopic (exact) mass is 321 g/mol. The highest BCUT2D eigenvalue weighted by Gasteiger charge is 2.21. The third-order valence-corrected chi connectivity index (χ3v) is 4.66. The van der Waals surface area contributed by atoms with Gasteiger partial charge < -0.3 is 10.1 Å². The molecule has 0 aromatic rings. The van der Waals surface area contributed by atoms with E-state index in [1.54, 1.807) is 0 Å². The van der Waals surface area contributed by atoms with Gasteiger partial charge in [0.05, 0.1) is 25.0 Å². The van der Waals surface area contributed by atoms with Crippen LogP contribution in [0.2, 0.25) is 0 Å². The molecule has 7 nitrogen and oxygen atoms in total. The van der Waals surface area contributed by atoms with Crippen molar-refractivity contribution in [3.63, 3.8) is 0 Å². The largest absolute Gasteiger partial charge is 0.373 e. The number of carbonyl (C=O) groups is 1. The normalized spacial score (nSPS) is 24.2. The van der Waals surface area contributed by atoms with E-state index in [-0.39, 0.29) is 24.7 Å². The standard InChI is InChI=1S/C13H27N3O4S/c1-11-8-16(9-12(2)20-11)7-5-6-14-13(17)10-15(3)21(4,18)19/h11-12H,5-10H2,1-4H3,(H,14,17). The first-order valence-electron chi connectivity index (χ1n) is 7.24. The van der Waals surface area contributed by atoms with Crippen molar-refractivity contribution in [3.8, 4) is 0 Å². The molecule has 0 aromatic heterocycles. The van der Waals surface area contributed by atoms with Gasteiger partial charge in [-0.1, -0.05) is 0 Å². The van der Waals surface area contributed by atoms with Gasteiger partial charge in [-0.15, -0.1) is 0 Å². The van der Waals surface area contributed by atoms with Crippen molar-refractivity contribution in [2.75, 3.05) is 46.0 Å². The van der Waals surface area contributed by atoms with E-state index in [9.17, 15) is 13.2 Å². The summed E-state index contributed by atoms with van der Waals surface area (Å²) in [5.74, 6) is -0.272. The maximum absolute atomic E-state index is 11.6. The minimum atomic E-state index is -3.31. The summed E-state index contributed by atoms with van der Waals surface area (Å²) in [6.07, 6.45) is 2.41. The van der Waals surface area contributed by atoms with Crippen LogP contribution in [0.25, 0.3) is 0 Å². The maximum atomic E-state index is 11.6. The van der Waals surface area contributed by atoms with Gasteiger partial charge in [-0.3, -0.25) is 9.69 Å². The topological polar surface area (TPSA) is 79.0 Å². The van der Waals surface area contributed by atoms with E-state index in [2.05, 4.69) is 24.1 Å². The van der Waals surface area contributed by atoms with E-state index in [4.69, 9.17) is 4.74 Å². The van der Waals surface area contributed by atoms with Crippen LogP contribution in [0, 0.1) is 0 Å². The Morgan fingerprint density at radius 3 is 2.43 bits per heavy atom. The fourth-order valence-electron chi connectivity index (χ4n) is 2.37. The number of amides is 1. The van der Waals surface area contributed by atoms with Gasteiger partial charge >= 0.3 is 0 Å². The molecule has 8 heteroatoms. The van der Waals surface area contributed by atoms with Crippen LogP contribution >= 0.6 is 0 Å². The van der Waals surface area contributed by atoms with Crippen LogP contribution in [-0.2, 0) is 19.6 Å². The maximum Gasteiger partial charge on any atom is 0.235 e. The predicted molar refractivity (Wildman–Crippen MR) is 81.5 cm³/mol. The highest BCUT2D eigenvalue weighted by Crippen LogP contribution is 2.10. The lowest BCUT2D eigenvalue weighted by Crippen LogP contribution is -2.46. The third kappa shape index (κ3) is 7.21. The van der Waals surface area contributed by atoms with Crippen molar-refractivity contribution in [2.24, 2.45) is 0 Å². The number of hydrogen-bond acceptors (Lipinski definition) is 5. The molecule has 124 valence electrons. The van der Waals surface area contributed by atoms with Gasteiger partial charge in [-0.2, -0.15) is 4.31 Å². The number of hydrogen-bond donors (Lipinski definition) is 1. The van der Waals surface area contributed by atoms with E-state index in [1.165, 1.54) is 7.05 Å². The number of carbonyl (C=O) groups excluding carboxylic acids is 1. The molecule has 1 fully saturated rings. The zero-order valence-electron chi connectivity index (χ0n) is 13.3. The third-order valence-electron chi connectivity index (χ3n) is 3.40. The van der Waals surface area contributed by atoms with Crippen LogP contribution in [0.15, 0.2) is 0 Å². The SMILES string of the molecule is CC1CN(CCCNC(=O)CN(C)S(C)(=O)=O)CC(C)O1. The molecule has 0 radical (unpaired) electrons. The Bertz CT molecular complexity index is 431.